The number of nitrogens with zero attached hydrogens (tertiary/aromatic N) is 2. The molecule has 0 aromatic carbocycles. The average molecular weight is 300 g/mol. The first-order valence-corrected chi connectivity index (χ1v) is 6.72. The van der Waals surface area contributed by atoms with E-state index in [1.807, 2.05) is 7.05 Å². The Balaban J connectivity index is 2.45. The lowest BCUT2D eigenvalue weighted by atomic mass is 10.3. The van der Waals surface area contributed by atoms with Crippen LogP contribution >= 0.6 is 27.3 Å². The molecule has 5 heteroatoms. The van der Waals surface area contributed by atoms with E-state index in [2.05, 4.69) is 56.2 Å². The molecule has 0 bridgehead atoms. The lowest BCUT2D eigenvalue weighted by Gasteiger charge is -2.00. The van der Waals surface area contributed by atoms with Crippen molar-refractivity contribution in [1.82, 2.24) is 14.9 Å². The van der Waals surface area contributed by atoms with Crippen LogP contribution in [0.1, 0.15) is 11.5 Å². The molecule has 0 spiro atoms. The molecule has 1 N–H and O–H groups in total. The molecule has 2 heterocycles. The molecule has 0 atom stereocenters. The molecule has 2 aromatic heterocycles. The van der Waals surface area contributed by atoms with Gasteiger partial charge in [-0.3, -0.25) is 0 Å². The van der Waals surface area contributed by atoms with Crippen LogP contribution in [0, 0.1) is 6.92 Å². The van der Waals surface area contributed by atoms with Crippen molar-refractivity contribution in [3.8, 4) is 10.6 Å². The number of hydrogen-bond acceptors (Lipinski definition) is 3. The molecule has 16 heavy (non-hydrogen) atoms. The van der Waals surface area contributed by atoms with Gasteiger partial charge >= 0.3 is 0 Å². The van der Waals surface area contributed by atoms with Crippen LogP contribution in [0.2, 0.25) is 0 Å². The number of imidazole rings is 1. The summed E-state index contributed by atoms with van der Waals surface area (Å²) in [7, 11) is 3.99. The second-order valence-electron chi connectivity index (χ2n) is 3.68. The van der Waals surface area contributed by atoms with Gasteiger partial charge in [-0.1, -0.05) is 0 Å². The minimum absolute atomic E-state index is 0.796. The third-order valence-corrected chi connectivity index (χ3v) is 4.31. The summed E-state index contributed by atoms with van der Waals surface area (Å²) >= 11 is 5.19. The SMILES string of the molecule is CNCc1nc(-c2cc(Br)cs2)c(C)n1C. The third-order valence-electron chi connectivity index (χ3n) is 2.61. The van der Waals surface area contributed by atoms with E-state index in [1.54, 1.807) is 11.3 Å². The first kappa shape index (κ1) is 11.8. The largest absolute Gasteiger partial charge is 0.334 e. The lowest BCUT2D eigenvalue weighted by molar-refractivity contribution is 0.701. The highest BCUT2D eigenvalue weighted by Crippen LogP contribution is 2.31. The van der Waals surface area contributed by atoms with Crippen molar-refractivity contribution in [3.05, 3.63) is 27.4 Å². The van der Waals surface area contributed by atoms with Crippen molar-refractivity contribution in [2.75, 3.05) is 7.05 Å². The zero-order chi connectivity index (χ0) is 11.7. The molecule has 0 saturated carbocycles. The Hall–Kier alpha value is -0.650. The molecule has 0 fully saturated rings. The highest BCUT2D eigenvalue weighted by Gasteiger charge is 2.13. The number of halogens is 1. The molecule has 0 aliphatic carbocycles. The van der Waals surface area contributed by atoms with Crippen LogP contribution in [0.25, 0.3) is 10.6 Å². The van der Waals surface area contributed by atoms with Crippen LogP contribution in [-0.4, -0.2) is 16.6 Å². The van der Waals surface area contributed by atoms with E-state index in [-0.39, 0.29) is 0 Å². The van der Waals surface area contributed by atoms with Gasteiger partial charge in [0.05, 0.1) is 11.4 Å². The smallest absolute Gasteiger partial charge is 0.123 e. The maximum absolute atomic E-state index is 4.67. The molecule has 3 nitrogen and oxygen atoms in total. The van der Waals surface area contributed by atoms with Crippen LogP contribution in [0.3, 0.4) is 0 Å². The normalized spacial score (nSPS) is 11.0. The average Bonchev–Trinajstić information content (AvgIpc) is 2.78. The topological polar surface area (TPSA) is 29.9 Å². The minimum Gasteiger partial charge on any atom is -0.334 e. The minimum atomic E-state index is 0.796. The zero-order valence-electron chi connectivity index (χ0n) is 9.54. The van der Waals surface area contributed by atoms with Gasteiger partial charge in [-0.05, 0) is 36.0 Å². The summed E-state index contributed by atoms with van der Waals surface area (Å²) in [5.74, 6) is 1.07. The second-order valence-corrected chi connectivity index (χ2v) is 5.51. The maximum atomic E-state index is 4.67. The van der Waals surface area contributed by atoms with Crippen molar-refractivity contribution >= 4 is 27.3 Å². The summed E-state index contributed by atoms with van der Waals surface area (Å²) in [4.78, 5) is 5.88. The van der Waals surface area contributed by atoms with Crippen LogP contribution in [0.15, 0.2) is 15.9 Å². The number of thiophene rings is 1. The molecule has 0 aliphatic rings. The molecular weight excluding hydrogens is 286 g/mol. The summed E-state index contributed by atoms with van der Waals surface area (Å²) in [6, 6.07) is 2.11. The number of aromatic nitrogens is 2. The maximum Gasteiger partial charge on any atom is 0.123 e. The first-order chi connectivity index (χ1) is 7.63. The monoisotopic (exact) mass is 299 g/mol. The fourth-order valence-corrected chi connectivity index (χ4v) is 3.09. The van der Waals surface area contributed by atoms with Gasteiger partial charge in [0.15, 0.2) is 0 Å². The van der Waals surface area contributed by atoms with E-state index in [0.29, 0.717) is 0 Å². The number of nitrogens with one attached hydrogen (secondary N) is 1. The molecule has 2 rings (SSSR count). The molecule has 0 radical (unpaired) electrons. The van der Waals surface area contributed by atoms with E-state index >= 15 is 0 Å². The van der Waals surface area contributed by atoms with Crippen molar-refractivity contribution in [2.24, 2.45) is 7.05 Å². The number of rotatable bonds is 3. The molecule has 86 valence electrons. The highest BCUT2D eigenvalue weighted by atomic mass is 79.9. The predicted molar refractivity (Wildman–Crippen MR) is 71.7 cm³/mol. The predicted octanol–water partition coefficient (Wildman–Crippen LogP) is 2.94. The highest BCUT2D eigenvalue weighted by molar-refractivity contribution is 9.10. The Morgan fingerprint density at radius 1 is 1.56 bits per heavy atom. The Morgan fingerprint density at radius 2 is 2.31 bits per heavy atom. The van der Waals surface area contributed by atoms with Gasteiger partial charge < -0.3 is 9.88 Å². The molecule has 0 unspecified atom stereocenters. The quantitative estimate of drug-likeness (QED) is 0.944. The summed E-state index contributed by atoms with van der Waals surface area (Å²) in [5.41, 5.74) is 2.29. The van der Waals surface area contributed by atoms with Crippen LogP contribution in [-0.2, 0) is 13.6 Å². The van der Waals surface area contributed by atoms with E-state index in [0.717, 1.165) is 22.5 Å². The molecule has 2 aromatic rings. The van der Waals surface area contributed by atoms with Gasteiger partial charge in [-0.2, -0.15) is 0 Å². The van der Waals surface area contributed by atoms with E-state index in [4.69, 9.17) is 0 Å². The van der Waals surface area contributed by atoms with E-state index in [1.165, 1.54) is 10.6 Å². The lowest BCUT2D eigenvalue weighted by Crippen LogP contribution is -2.10. The van der Waals surface area contributed by atoms with Gasteiger partial charge in [0, 0.05) is 22.6 Å². The van der Waals surface area contributed by atoms with Gasteiger partial charge in [0.1, 0.15) is 11.5 Å². The summed E-state index contributed by atoms with van der Waals surface area (Å²) in [6.45, 7) is 2.90. The second kappa shape index (κ2) is 4.69. The Labute approximate surface area is 108 Å². The first-order valence-electron chi connectivity index (χ1n) is 5.04. The fourth-order valence-electron chi connectivity index (χ4n) is 1.62. The number of hydrogen-bond donors (Lipinski definition) is 1. The van der Waals surface area contributed by atoms with Gasteiger partial charge in [-0.15, -0.1) is 11.3 Å². The van der Waals surface area contributed by atoms with Crippen LogP contribution in [0.5, 0.6) is 0 Å². The van der Waals surface area contributed by atoms with Gasteiger partial charge in [0.2, 0.25) is 0 Å². The standard InChI is InChI=1S/C11H14BrN3S/c1-7-11(9-4-8(12)6-16-9)14-10(5-13-2)15(7)3/h4,6,13H,5H2,1-3H3. The summed E-state index contributed by atoms with van der Waals surface area (Å²) in [5, 5.41) is 5.22. The van der Waals surface area contributed by atoms with Gasteiger partial charge in [0.25, 0.3) is 0 Å². The van der Waals surface area contributed by atoms with Crippen molar-refractivity contribution in [2.45, 2.75) is 13.5 Å². The summed E-state index contributed by atoms with van der Waals surface area (Å²) < 4.78 is 3.26. The van der Waals surface area contributed by atoms with Gasteiger partial charge in [-0.25, -0.2) is 4.98 Å². The van der Waals surface area contributed by atoms with Crippen molar-refractivity contribution in [3.63, 3.8) is 0 Å². The molecule has 0 aliphatic heterocycles. The zero-order valence-corrected chi connectivity index (χ0v) is 11.9. The van der Waals surface area contributed by atoms with E-state index < -0.39 is 0 Å². The van der Waals surface area contributed by atoms with E-state index in [9.17, 15) is 0 Å². The molecular formula is C11H14BrN3S. The summed E-state index contributed by atoms with van der Waals surface area (Å²) in [6.07, 6.45) is 0. The molecule has 0 amide bonds. The Kier molecular flexibility index (Phi) is 3.47. The fraction of sp³-hybridized carbons (Fsp3) is 0.364. The molecule has 0 saturated heterocycles. The van der Waals surface area contributed by atoms with Crippen molar-refractivity contribution in [1.29, 1.82) is 0 Å². The van der Waals surface area contributed by atoms with Crippen LogP contribution in [0.4, 0.5) is 0 Å². The van der Waals surface area contributed by atoms with Crippen molar-refractivity contribution < 1.29 is 0 Å². The Morgan fingerprint density at radius 3 is 2.88 bits per heavy atom. The van der Waals surface area contributed by atoms with Crippen LogP contribution < -0.4 is 5.32 Å². The third kappa shape index (κ3) is 2.07. The Bertz CT molecular complexity index is 501.